The molecule has 1 aliphatic carbocycles. The molecule has 0 saturated heterocycles. The molecule has 1 aromatic heterocycles. The molecular formula is C11H17N3O2. The Hall–Kier alpha value is -1.52. The molecule has 1 fully saturated rings. The molecule has 0 radical (unpaired) electrons. The maximum atomic E-state index is 11.3. The van der Waals surface area contributed by atoms with Crippen molar-refractivity contribution in [1.82, 2.24) is 9.55 Å². The van der Waals surface area contributed by atoms with Crippen molar-refractivity contribution in [2.45, 2.75) is 32.7 Å². The zero-order chi connectivity index (χ0) is 11.8. The van der Waals surface area contributed by atoms with Crippen LogP contribution in [0.5, 0.6) is 0 Å². The standard InChI is InChI=1S/C11H17N3O2/c1-11(4-3-5-11)6-14-7-13-8(9(14)12)10(15)16-2/h7H,3-6,12H2,1-2H3. The first-order valence-corrected chi connectivity index (χ1v) is 5.45. The third-order valence-electron chi connectivity index (χ3n) is 3.37. The van der Waals surface area contributed by atoms with Crippen LogP contribution in [-0.4, -0.2) is 22.6 Å². The van der Waals surface area contributed by atoms with Crippen LogP contribution < -0.4 is 5.73 Å². The molecule has 1 aliphatic rings. The van der Waals surface area contributed by atoms with Gasteiger partial charge in [0, 0.05) is 6.54 Å². The molecule has 0 bridgehead atoms. The summed E-state index contributed by atoms with van der Waals surface area (Å²) in [5.74, 6) is -0.0741. The number of hydrogen-bond donors (Lipinski definition) is 1. The van der Waals surface area contributed by atoms with Gasteiger partial charge in [0.25, 0.3) is 0 Å². The Balaban J connectivity index is 2.17. The average Bonchev–Trinajstić information content (AvgIpc) is 2.57. The molecule has 0 aromatic carbocycles. The number of methoxy groups -OCH3 is 1. The number of rotatable bonds is 3. The van der Waals surface area contributed by atoms with Crippen LogP contribution in [-0.2, 0) is 11.3 Å². The Morgan fingerprint density at radius 2 is 2.38 bits per heavy atom. The molecule has 0 aliphatic heterocycles. The topological polar surface area (TPSA) is 70.1 Å². The fourth-order valence-electron chi connectivity index (χ4n) is 2.12. The summed E-state index contributed by atoms with van der Waals surface area (Å²) >= 11 is 0. The van der Waals surface area contributed by atoms with E-state index in [-0.39, 0.29) is 5.69 Å². The highest BCUT2D eigenvalue weighted by Gasteiger charge is 2.33. The number of hydrogen-bond acceptors (Lipinski definition) is 4. The van der Waals surface area contributed by atoms with Gasteiger partial charge < -0.3 is 15.0 Å². The van der Waals surface area contributed by atoms with Crippen molar-refractivity contribution in [3.8, 4) is 0 Å². The average molecular weight is 223 g/mol. The van der Waals surface area contributed by atoms with E-state index < -0.39 is 5.97 Å². The number of anilines is 1. The lowest BCUT2D eigenvalue weighted by atomic mass is 9.70. The van der Waals surface area contributed by atoms with Crippen LogP contribution in [0.1, 0.15) is 36.7 Å². The number of carbonyl (C=O) groups is 1. The first-order chi connectivity index (χ1) is 7.56. The Morgan fingerprint density at radius 1 is 1.69 bits per heavy atom. The van der Waals surface area contributed by atoms with Gasteiger partial charge in [-0.1, -0.05) is 13.3 Å². The first-order valence-electron chi connectivity index (χ1n) is 5.45. The van der Waals surface area contributed by atoms with Crippen LogP contribution in [0.2, 0.25) is 0 Å². The van der Waals surface area contributed by atoms with E-state index in [9.17, 15) is 4.79 Å². The Labute approximate surface area is 94.6 Å². The summed E-state index contributed by atoms with van der Waals surface area (Å²) in [5.41, 5.74) is 6.39. The highest BCUT2D eigenvalue weighted by atomic mass is 16.5. The SMILES string of the molecule is COC(=O)c1ncn(CC2(C)CCC2)c1N. The van der Waals surface area contributed by atoms with Gasteiger partial charge in [0.1, 0.15) is 5.82 Å². The summed E-state index contributed by atoms with van der Waals surface area (Å²) in [7, 11) is 1.33. The molecule has 2 rings (SSSR count). The molecule has 0 unspecified atom stereocenters. The lowest BCUT2D eigenvalue weighted by molar-refractivity contribution is 0.0595. The number of nitrogens with two attached hydrogens (primary N) is 1. The largest absolute Gasteiger partial charge is 0.464 e. The summed E-state index contributed by atoms with van der Waals surface area (Å²) in [5, 5.41) is 0. The Morgan fingerprint density at radius 3 is 2.88 bits per heavy atom. The summed E-state index contributed by atoms with van der Waals surface area (Å²) in [6.07, 6.45) is 5.30. The number of nitrogens with zero attached hydrogens (tertiary/aromatic N) is 2. The number of imidazole rings is 1. The van der Waals surface area contributed by atoms with E-state index in [2.05, 4.69) is 16.6 Å². The third-order valence-corrected chi connectivity index (χ3v) is 3.37. The highest BCUT2D eigenvalue weighted by Crippen LogP contribution is 2.42. The number of esters is 1. The van der Waals surface area contributed by atoms with Gasteiger partial charge in [0.05, 0.1) is 13.4 Å². The van der Waals surface area contributed by atoms with E-state index in [1.165, 1.54) is 26.4 Å². The Kier molecular flexibility index (Phi) is 2.61. The van der Waals surface area contributed by atoms with Crippen molar-refractivity contribution in [2.75, 3.05) is 12.8 Å². The van der Waals surface area contributed by atoms with Gasteiger partial charge in [0.2, 0.25) is 0 Å². The van der Waals surface area contributed by atoms with Gasteiger partial charge in [-0.05, 0) is 18.3 Å². The van der Waals surface area contributed by atoms with Crippen molar-refractivity contribution < 1.29 is 9.53 Å². The fraction of sp³-hybridized carbons (Fsp3) is 0.636. The predicted molar refractivity (Wildman–Crippen MR) is 59.9 cm³/mol. The van der Waals surface area contributed by atoms with E-state index in [0.717, 1.165) is 6.54 Å². The van der Waals surface area contributed by atoms with Gasteiger partial charge in [-0.25, -0.2) is 9.78 Å². The zero-order valence-electron chi connectivity index (χ0n) is 9.69. The highest BCUT2D eigenvalue weighted by molar-refractivity contribution is 5.92. The van der Waals surface area contributed by atoms with Gasteiger partial charge in [-0.3, -0.25) is 0 Å². The Bertz CT molecular complexity index is 407. The maximum Gasteiger partial charge on any atom is 0.360 e. The summed E-state index contributed by atoms with van der Waals surface area (Å²) in [6, 6.07) is 0. The second-order valence-corrected chi connectivity index (χ2v) is 4.76. The van der Waals surface area contributed by atoms with Crippen LogP contribution in [0.4, 0.5) is 5.82 Å². The molecule has 0 atom stereocenters. The van der Waals surface area contributed by atoms with Gasteiger partial charge >= 0.3 is 5.97 Å². The van der Waals surface area contributed by atoms with Crippen LogP contribution >= 0.6 is 0 Å². The van der Waals surface area contributed by atoms with E-state index in [1.807, 2.05) is 4.57 Å². The normalized spacial score (nSPS) is 17.9. The fourth-order valence-corrected chi connectivity index (χ4v) is 2.12. The van der Waals surface area contributed by atoms with Crippen molar-refractivity contribution in [3.63, 3.8) is 0 Å². The zero-order valence-corrected chi connectivity index (χ0v) is 9.69. The van der Waals surface area contributed by atoms with E-state index in [4.69, 9.17) is 5.73 Å². The summed E-state index contributed by atoms with van der Waals surface area (Å²) in [4.78, 5) is 15.3. The number of carbonyl (C=O) groups excluding carboxylic acids is 1. The molecular weight excluding hydrogens is 206 g/mol. The van der Waals surface area contributed by atoms with Crippen LogP contribution in [0, 0.1) is 5.41 Å². The first kappa shape index (κ1) is 11.0. The lowest BCUT2D eigenvalue weighted by Crippen LogP contribution is -2.31. The number of ether oxygens (including phenoxy) is 1. The summed E-state index contributed by atoms with van der Waals surface area (Å²) < 4.78 is 6.44. The van der Waals surface area contributed by atoms with Crippen molar-refractivity contribution in [1.29, 1.82) is 0 Å². The van der Waals surface area contributed by atoms with Crippen molar-refractivity contribution >= 4 is 11.8 Å². The second kappa shape index (κ2) is 3.81. The van der Waals surface area contributed by atoms with Crippen molar-refractivity contribution in [3.05, 3.63) is 12.0 Å². The second-order valence-electron chi connectivity index (χ2n) is 4.76. The van der Waals surface area contributed by atoms with Gasteiger partial charge in [-0.15, -0.1) is 0 Å². The molecule has 1 heterocycles. The quantitative estimate of drug-likeness (QED) is 0.787. The van der Waals surface area contributed by atoms with Crippen LogP contribution in [0.25, 0.3) is 0 Å². The molecule has 5 nitrogen and oxygen atoms in total. The van der Waals surface area contributed by atoms with E-state index in [0.29, 0.717) is 11.2 Å². The molecule has 0 amide bonds. The maximum absolute atomic E-state index is 11.3. The number of nitrogen functional groups attached to an aromatic ring is 1. The van der Waals surface area contributed by atoms with Crippen LogP contribution in [0.3, 0.4) is 0 Å². The van der Waals surface area contributed by atoms with Crippen molar-refractivity contribution in [2.24, 2.45) is 5.41 Å². The number of aromatic nitrogens is 2. The third kappa shape index (κ3) is 1.77. The monoisotopic (exact) mass is 223 g/mol. The molecule has 1 aromatic rings. The molecule has 88 valence electrons. The molecule has 5 heteroatoms. The minimum absolute atomic E-state index is 0.213. The molecule has 16 heavy (non-hydrogen) atoms. The minimum atomic E-state index is -0.477. The smallest absolute Gasteiger partial charge is 0.360 e. The molecule has 0 spiro atoms. The van der Waals surface area contributed by atoms with Crippen LogP contribution in [0.15, 0.2) is 6.33 Å². The minimum Gasteiger partial charge on any atom is -0.464 e. The summed E-state index contributed by atoms with van der Waals surface area (Å²) in [6.45, 7) is 3.05. The predicted octanol–water partition coefficient (Wildman–Crippen LogP) is 1.44. The van der Waals surface area contributed by atoms with Gasteiger partial charge in [0.15, 0.2) is 5.69 Å². The van der Waals surface area contributed by atoms with E-state index >= 15 is 0 Å². The van der Waals surface area contributed by atoms with Gasteiger partial charge in [-0.2, -0.15) is 0 Å². The molecule has 2 N–H and O–H groups in total. The molecule has 1 saturated carbocycles. The van der Waals surface area contributed by atoms with E-state index in [1.54, 1.807) is 6.33 Å². The lowest BCUT2D eigenvalue weighted by Gasteiger charge is -2.38.